The van der Waals surface area contributed by atoms with Gasteiger partial charge in [-0.1, -0.05) is 51.5 Å². The average Bonchev–Trinajstić information content (AvgIpc) is 2.36. The van der Waals surface area contributed by atoms with Gasteiger partial charge in [0.1, 0.15) is 6.04 Å². The Morgan fingerprint density at radius 1 is 1.21 bits per heavy atom. The van der Waals surface area contributed by atoms with E-state index in [0.717, 1.165) is 12.8 Å². The lowest BCUT2D eigenvalue weighted by Gasteiger charge is -2.22. The van der Waals surface area contributed by atoms with E-state index in [1.807, 2.05) is 6.92 Å². The van der Waals surface area contributed by atoms with E-state index in [2.05, 4.69) is 50.4 Å². The van der Waals surface area contributed by atoms with Gasteiger partial charge in [-0.05, 0) is 18.9 Å². The Labute approximate surface area is 116 Å². The topological polar surface area (TPSA) is 59.7 Å². The van der Waals surface area contributed by atoms with Crippen LogP contribution in [0.4, 0.5) is 0 Å². The Balaban J connectivity index is 2.84. The fraction of sp³-hybridized carbons (Fsp3) is 0.562. The standard InChI is InChI=1S/C16H26N2O/c1-5-6-13-7-9-14(10-8-13)15(11(2)3)18-12(4)16(17)19/h7-12,15,18H,5-6H2,1-4H3,(H2,17,19)/p+1/t12-,15+/m1/s1. The quantitative estimate of drug-likeness (QED) is 0.774. The van der Waals surface area contributed by atoms with Crippen LogP contribution in [0.15, 0.2) is 24.3 Å². The number of nitrogens with two attached hydrogens (primary N) is 2. The summed E-state index contributed by atoms with van der Waals surface area (Å²) in [6.07, 6.45) is 2.28. The molecule has 0 aliphatic carbocycles. The van der Waals surface area contributed by atoms with Crippen LogP contribution >= 0.6 is 0 Å². The fourth-order valence-corrected chi connectivity index (χ4v) is 2.32. The van der Waals surface area contributed by atoms with Gasteiger partial charge >= 0.3 is 0 Å². The predicted octanol–water partition coefficient (Wildman–Crippen LogP) is 1.77. The molecule has 0 radical (unpaired) electrons. The number of carbonyl (C=O) groups is 1. The number of carbonyl (C=O) groups excluding carboxylic acids is 1. The van der Waals surface area contributed by atoms with Crippen molar-refractivity contribution in [2.45, 2.75) is 52.6 Å². The van der Waals surface area contributed by atoms with Crippen molar-refractivity contribution in [3.8, 4) is 0 Å². The van der Waals surface area contributed by atoms with Crippen molar-refractivity contribution in [1.29, 1.82) is 0 Å². The highest BCUT2D eigenvalue weighted by Crippen LogP contribution is 2.19. The van der Waals surface area contributed by atoms with E-state index in [4.69, 9.17) is 5.73 Å². The SMILES string of the molecule is CCCc1ccc([C@@H]([NH2+][C@H](C)C(N)=O)C(C)C)cc1. The number of amides is 1. The molecule has 19 heavy (non-hydrogen) atoms. The summed E-state index contributed by atoms with van der Waals surface area (Å²) in [5.74, 6) is 0.201. The fourth-order valence-electron chi connectivity index (χ4n) is 2.32. The minimum atomic E-state index is -0.256. The Morgan fingerprint density at radius 2 is 1.79 bits per heavy atom. The third-order valence-corrected chi connectivity index (χ3v) is 3.57. The van der Waals surface area contributed by atoms with Crippen LogP contribution in [0, 0.1) is 5.92 Å². The van der Waals surface area contributed by atoms with Crippen molar-refractivity contribution in [3.05, 3.63) is 35.4 Å². The van der Waals surface area contributed by atoms with E-state index in [9.17, 15) is 4.79 Å². The molecule has 0 aromatic heterocycles. The van der Waals surface area contributed by atoms with Crippen LogP contribution in [0.1, 0.15) is 51.3 Å². The molecule has 1 aromatic rings. The number of hydrogen-bond donors (Lipinski definition) is 2. The molecule has 4 N–H and O–H groups in total. The molecule has 0 spiro atoms. The van der Waals surface area contributed by atoms with Gasteiger partial charge in [-0.2, -0.15) is 0 Å². The molecule has 0 aliphatic rings. The van der Waals surface area contributed by atoms with Gasteiger partial charge in [-0.25, -0.2) is 0 Å². The van der Waals surface area contributed by atoms with E-state index in [1.54, 1.807) is 0 Å². The number of benzene rings is 1. The lowest BCUT2D eigenvalue weighted by Crippen LogP contribution is -2.93. The first-order chi connectivity index (χ1) is 8.95. The molecule has 0 saturated carbocycles. The first-order valence-corrected chi connectivity index (χ1v) is 7.18. The third kappa shape index (κ3) is 4.67. The van der Waals surface area contributed by atoms with Crippen LogP contribution in [0.5, 0.6) is 0 Å². The maximum Gasteiger partial charge on any atom is 0.275 e. The van der Waals surface area contributed by atoms with Gasteiger partial charge in [-0.3, -0.25) is 4.79 Å². The van der Waals surface area contributed by atoms with Crippen LogP contribution in [0.3, 0.4) is 0 Å². The maximum atomic E-state index is 11.2. The van der Waals surface area contributed by atoms with Gasteiger partial charge in [0.2, 0.25) is 0 Å². The molecular formula is C16H27N2O+. The average molecular weight is 263 g/mol. The summed E-state index contributed by atoms with van der Waals surface area (Å²) in [7, 11) is 0. The van der Waals surface area contributed by atoms with Gasteiger partial charge in [0.05, 0.1) is 0 Å². The summed E-state index contributed by atoms with van der Waals surface area (Å²) in [5, 5.41) is 2.07. The normalized spacial score (nSPS) is 14.4. The summed E-state index contributed by atoms with van der Waals surface area (Å²) in [4.78, 5) is 11.2. The zero-order chi connectivity index (χ0) is 14.4. The number of rotatable bonds is 7. The zero-order valence-electron chi connectivity index (χ0n) is 12.5. The molecule has 1 rings (SSSR count). The first-order valence-electron chi connectivity index (χ1n) is 7.18. The van der Waals surface area contributed by atoms with E-state index in [0.29, 0.717) is 5.92 Å². The van der Waals surface area contributed by atoms with Crippen molar-refractivity contribution in [2.24, 2.45) is 11.7 Å². The van der Waals surface area contributed by atoms with Gasteiger partial charge in [0.25, 0.3) is 5.91 Å². The summed E-state index contributed by atoms with van der Waals surface area (Å²) in [5.41, 5.74) is 7.99. The molecule has 0 aliphatic heterocycles. The molecule has 0 bridgehead atoms. The van der Waals surface area contributed by atoms with Crippen molar-refractivity contribution in [2.75, 3.05) is 0 Å². The number of aryl methyl sites for hydroxylation is 1. The molecule has 2 atom stereocenters. The largest absolute Gasteiger partial charge is 0.365 e. The molecule has 0 fully saturated rings. The molecule has 106 valence electrons. The Morgan fingerprint density at radius 3 is 2.21 bits per heavy atom. The Kier molecular flexibility index (Phi) is 6.03. The van der Waals surface area contributed by atoms with Crippen molar-refractivity contribution in [3.63, 3.8) is 0 Å². The van der Waals surface area contributed by atoms with Crippen LogP contribution < -0.4 is 11.1 Å². The van der Waals surface area contributed by atoms with E-state index in [-0.39, 0.29) is 18.0 Å². The smallest absolute Gasteiger partial charge is 0.275 e. The summed E-state index contributed by atoms with van der Waals surface area (Å²) < 4.78 is 0. The second kappa shape index (κ2) is 7.29. The van der Waals surface area contributed by atoms with Gasteiger partial charge in [-0.15, -0.1) is 0 Å². The number of quaternary nitrogens is 1. The van der Waals surface area contributed by atoms with Gasteiger partial charge < -0.3 is 11.1 Å². The summed E-state index contributed by atoms with van der Waals surface area (Å²) in [6, 6.07) is 8.83. The molecule has 1 amide bonds. The molecule has 3 heteroatoms. The van der Waals surface area contributed by atoms with E-state index >= 15 is 0 Å². The highest BCUT2D eigenvalue weighted by Gasteiger charge is 2.24. The van der Waals surface area contributed by atoms with Crippen molar-refractivity contribution < 1.29 is 10.1 Å². The lowest BCUT2D eigenvalue weighted by molar-refractivity contribution is -0.719. The molecule has 0 saturated heterocycles. The second-order valence-electron chi connectivity index (χ2n) is 5.64. The highest BCUT2D eigenvalue weighted by molar-refractivity contribution is 5.77. The van der Waals surface area contributed by atoms with Gasteiger partial charge in [0.15, 0.2) is 6.04 Å². The molecule has 0 heterocycles. The Bertz CT molecular complexity index is 398. The Hall–Kier alpha value is -1.35. The number of primary amides is 1. The molecular weight excluding hydrogens is 236 g/mol. The number of hydrogen-bond acceptors (Lipinski definition) is 1. The van der Waals surface area contributed by atoms with Crippen LogP contribution in [0.25, 0.3) is 0 Å². The minimum absolute atomic E-state index is 0.192. The van der Waals surface area contributed by atoms with Gasteiger partial charge in [0, 0.05) is 11.5 Å². The molecule has 1 aromatic carbocycles. The first kappa shape index (κ1) is 15.7. The lowest BCUT2D eigenvalue weighted by atomic mass is 9.94. The monoisotopic (exact) mass is 263 g/mol. The summed E-state index contributed by atoms with van der Waals surface area (Å²) >= 11 is 0. The molecule has 3 nitrogen and oxygen atoms in total. The van der Waals surface area contributed by atoms with Crippen LogP contribution in [-0.4, -0.2) is 11.9 Å². The second-order valence-corrected chi connectivity index (χ2v) is 5.64. The zero-order valence-corrected chi connectivity index (χ0v) is 12.5. The van der Waals surface area contributed by atoms with E-state index in [1.165, 1.54) is 11.1 Å². The maximum absolute atomic E-state index is 11.2. The third-order valence-electron chi connectivity index (χ3n) is 3.57. The minimum Gasteiger partial charge on any atom is -0.365 e. The van der Waals surface area contributed by atoms with Crippen molar-refractivity contribution in [1.82, 2.24) is 0 Å². The van der Waals surface area contributed by atoms with Crippen LogP contribution in [-0.2, 0) is 11.2 Å². The predicted molar refractivity (Wildman–Crippen MR) is 78.6 cm³/mol. The summed E-state index contributed by atoms with van der Waals surface area (Å²) in [6.45, 7) is 8.40. The van der Waals surface area contributed by atoms with Crippen LogP contribution in [0.2, 0.25) is 0 Å². The highest BCUT2D eigenvalue weighted by atomic mass is 16.1. The molecule has 0 unspecified atom stereocenters. The van der Waals surface area contributed by atoms with Crippen molar-refractivity contribution >= 4 is 5.91 Å². The van der Waals surface area contributed by atoms with E-state index < -0.39 is 0 Å².